The molecule has 0 spiro atoms. The van der Waals surface area contributed by atoms with E-state index in [9.17, 15) is 22.9 Å². The normalized spacial score (nSPS) is 14.1. The maximum absolute atomic E-state index is 12.1. The minimum atomic E-state index is -4.69. The van der Waals surface area contributed by atoms with E-state index < -0.39 is 21.5 Å². The second kappa shape index (κ2) is 29.5. The highest BCUT2D eigenvalue weighted by Crippen LogP contribution is 2.49. The van der Waals surface area contributed by atoms with E-state index in [0.29, 0.717) is 137 Å². The number of unbranched alkanes of at least 4 members (excludes halogenated alkanes) is 2. The molecule has 17 heteroatoms. The highest BCUT2D eigenvalue weighted by Gasteiger charge is 2.40. The Balaban J connectivity index is 1.44. The fourth-order valence-corrected chi connectivity index (χ4v) is 8.70. The van der Waals surface area contributed by atoms with Crippen molar-refractivity contribution in [3.8, 4) is 22.6 Å². The summed E-state index contributed by atoms with van der Waals surface area (Å²) in [5, 5.41) is 10.1. The molecule has 1 N–H and O–H groups in total. The van der Waals surface area contributed by atoms with E-state index in [4.69, 9.17) is 42.3 Å². The molecule has 3 aliphatic rings. The van der Waals surface area contributed by atoms with E-state index in [1.165, 1.54) is 12.1 Å². The van der Waals surface area contributed by atoms with Crippen LogP contribution in [0.15, 0.2) is 93.9 Å². The molecule has 0 unspecified atom stereocenters. The van der Waals surface area contributed by atoms with Crippen molar-refractivity contribution in [3.05, 3.63) is 107 Å². The summed E-state index contributed by atoms with van der Waals surface area (Å²) >= 11 is 0. The summed E-state index contributed by atoms with van der Waals surface area (Å²) in [5.74, 6) is 0.585. The first-order valence-electron chi connectivity index (χ1n) is 24.0. The predicted molar refractivity (Wildman–Crippen MR) is 267 cm³/mol. The number of carboxylic acid groups (broad SMARTS) is 1. The minimum absolute atomic E-state index is 0.0924. The molecule has 5 rings (SSSR count). The van der Waals surface area contributed by atoms with Gasteiger partial charge >= 0.3 is 5.97 Å². The molecule has 0 bridgehead atoms. The third kappa shape index (κ3) is 17.2. The van der Waals surface area contributed by atoms with Crippen molar-refractivity contribution < 1.29 is 65.2 Å². The number of hydrogen-bond donors (Lipinski definition) is 1. The largest absolute Gasteiger partial charge is 0.744 e. The summed E-state index contributed by atoms with van der Waals surface area (Å²) in [6.45, 7) is 14.6. The average molecular weight is 993 g/mol. The molecule has 384 valence electrons. The van der Waals surface area contributed by atoms with Gasteiger partial charge in [-0.3, -0.25) is 4.79 Å². The van der Waals surface area contributed by atoms with Gasteiger partial charge in [-0.1, -0.05) is 62.8 Å². The van der Waals surface area contributed by atoms with Gasteiger partial charge in [-0.05, 0) is 61.2 Å². The standard InChI is InChI=1S/C53H72N2O14S/c1-41-45(15-12-16-50-53(2,3)47-40-44(70(58,59)60)19-21-48(47)55(50)22-11-7-10-17-51(56)57)46-20-18-43(39-49(46)69-52(41)42-13-8-6-9-14-42)54(23-25-63-31-33-67-37-35-65-29-27-61-4)24-26-64-32-34-68-38-36-66-30-28-62-5/h6,8-9,12-16,18-21,39-40H,7,10-11,17,22-38H2,1-5H3,(H-,56,57,58,59,60). The smallest absolute Gasteiger partial charge is 0.303 e. The molecule has 0 atom stereocenters. The first-order valence-corrected chi connectivity index (χ1v) is 25.4. The van der Waals surface area contributed by atoms with E-state index >= 15 is 0 Å². The van der Waals surface area contributed by atoms with Gasteiger partial charge in [-0.2, -0.15) is 0 Å². The molecule has 0 saturated heterocycles. The highest BCUT2D eigenvalue weighted by molar-refractivity contribution is 7.85. The Bertz CT molecular complexity index is 2410. The summed E-state index contributed by atoms with van der Waals surface area (Å²) in [5.41, 5.74) is 5.54. The third-order valence-electron chi connectivity index (χ3n) is 11.9. The van der Waals surface area contributed by atoms with Gasteiger partial charge in [0.05, 0.1) is 90.2 Å². The van der Waals surface area contributed by atoms with E-state index in [-0.39, 0.29) is 11.3 Å². The summed E-state index contributed by atoms with van der Waals surface area (Å²) in [7, 11) is -1.41. The minimum Gasteiger partial charge on any atom is -0.744 e. The van der Waals surface area contributed by atoms with Crippen LogP contribution in [0.25, 0.3) is 28.7 Å². The maximum Gasteiger partial charge on any atom is 0.303 e. The zero-order chi connectivity index (χ0) is 50.2. The second-order valence-corrected chi connectivity index (χ2v) is 18.6. The predicted octanol–water partition coefficient (Wildman–Crippen LogP) is 6.77. The Labute approximate surface area is 413 Å². The van der Waals surface area contributed by atoms with Crippen molar-refractivity contribution in [1.82, 2.24) is 4.58 Å². The highest BCUT2D eigenvalue weighted by atomic mass is 32.2. The SMILES string of the molecule is COCCOCCOCCOCC[N+](CCOCCOCCOCCOC)=c1ccc2c(/C=C/C=C3\N(CCCCCC(=O)O)c4ccc(S(=O)(=O)[O-])cc4C3(C)C)c(C)c(-c3ccccc3)oc-2c1. The molecule has 2 heterocycles. The molecule has 0 aromatic heterocycles. The van der Waals surface area contributed by atoms with Crippen LogP contribution in [0.2, 0.25) is 0 Å². The zero-order valence-corrected chi connectivity index (χ0v) is 42.3. The van der Waals surface area contributed by atoms with Crippen molar-refractivity contribution in [1.29, 1.82) is 0 Å². The van der Waals surface area contributed by atoms with Crippen LogP contribution >= 0.6 is 0 Å². The van der Waals surface area contributed by atoms with Gasteiger partial charge in [-0.25, -0.2) is 13.0 Å². The van der Waals surface area contributed by atoms with Gasteiger partial charge in [-0.15, -0.1) is 0 Å². The molecule has 70 heavy (non-hydrogen) atoms. The van der Waals surface area contributed by atoms with Crippen LogP contribution in [0, 0.1) is 6.92 Å². The Kier molecular flexibility index (Phi) is 23.7. The molecule has 0 fully saturated rings. The summed E-state index contributed by atoms with van der Waals surface area (Å²) in [6.07, 6.45) is 8.19. The number of rotatable bonds is 34. The Hall–Kier alpha value is -4.79. The maximum atomic E-state index is 12.1. The monoisotopic (exact) mass is 992 g/mol. The lowest BCUT2D eigenvalue weighted by Crippen LogP contribution is -2.36. The van der Waals surface area contributed by atoms with Crippen molar-refractivity contribution in [2.45, 2.75) is 56.8 Å². The lowest BCUT2D eigenvalue weighted by Gasteiger charge is -2.27. The lowest BCUT2D eigenvalue weighted by molar-refractivity contribution is -0.137. The van der Waals surface area contributed by atoms with Crippen LogP contribution in [0.1, 0.15) is 56.2 Å². The lowest BCUT2D eigenvalue weighted by atomic mass is 9.83. The van der Waals surface area contributed by atoms with Crippen LogP contribution in [0.4, 0.5) is 5.69 Å². The van der Waals surface area contributed by atoms with E-state index in [1.54, 1.807) is 20.3 Å². The molecule has 1 aliphatic carbocycles. The number of allylic oxidation sites excluding steroid dienone is 3. The molecule has 0 radical (unpaired) electrons. The van der Waals surface area contributed by atoms with Crippen LogP contribution in [0.3, 0.4) is 0 Å². The quantitative estimate of drug-likeness (QED) is 0.0293. The van der Waals surface area contributed by atoms with Crippen LogP contribution in [-0.2, 0) is 58.2 Å². The van der Waals surface area contributed by atoms with E-state index in [1.807, 2.05) is 63.3 Å². The number of carbonyl (C=O) groups is 1. The molecule has 2 aromatic rings. The Morgan fingerprint density at radius 2 is 1.31 bits per heavy atom. The molecular formula is C53H72N2O14S. The summed E-state index contributed by atoms with van der Waals surface area (Å²) in [4.78, 5) is 13.1. The van der Waals surface area contributed by atoms with Gasteiger partial charge in [0.2, 0.25) is 5.36 Å². The fraction of sp³-hybridized carbons (Fsp3) is 0.509. The summed E-state index contributed by atoms with van der Waals surface area (Å²) in [6, 6.07) is 20.7. The molecule has 2 aliphatic heterocycles. The molecular weight excluding hydrogens is 921 g/mol. The van der Waals surface area contributed by atoms with Gasteiger partial charge in [0, 0.05) is 66.7 Å². The van der Waals surface area contributed by atoms with Crippen molar-refractivity contribution in [2.75, 3.05) is 131 Å². The number of aliphatic carboxylic acids is 1. The number of ether oxygens (including phenoxy) is 8. The number of benzene rings is 3. The van der Waals surface area contributed by atoms with Gasteiger partial charge in [0.15, 0.2) is 13.1 Å². The van der Waals surface area contributed by atoms with Crippen molar-refractivity contribution in [3.63, 3.8) is 0 Å². The average Bonchev–Trinajstić information content (AvgIpc) is 3.55. The number of carboxylic acids is 1. The van der Waals surface area contributed by atoms with Gasteiger partial charge in [0.1, 0.15) is 34.9 Å². The number of hydrogen-bond acceptors (Lipinski definition) is 14. The van der Waals surface area contributed by atoms with Gasteiger partial charge < -0.3 is 56.9 Å². The first kappa shape index (κ1) is 56.1. The first-order chi connectivity index (χ1) is 33.9. The molecule has 16 nitrogen and oxygen atoms in total. The van der Waals surface area contributed by atoms with Crippen LogP contribution in [0.5, 0.6) is 0 Å². The van der Waals surface area contributed by atoms with Crippen molar-refractivity contribution >= 4 is 27.9 Å². The third-order valence-corrected chi connectivity index (χ3v) is 12.7. The molecule has 0 amide bonds. The summed E-state index contributed by atoms with van der Waals surface area (Å²) < 4.78 is 89.8. The van der Waals surface area contributed by atoms with Gasteiger partial charge in [0.25, 0.3) is 0 Å². The Morgan fingerprint density at radius 3 is 1.87 bits per heavy atom. The van der Waals surface area contributed by atoms with Crippen molar-refractivity contribution in [2.24, 2.45) is 0 Å². The zero-order valence-electron chi connectivity index (χ0n) is 41.5. The number of nitrogens with zero attached hydrogens (tertiary/aromatic N) is 2. The molecule has 0 saturated carbocycles. The fourth-order valence-electron chi connectivity index (χ4n) is 8.20. The topological polar surface area (TPSA) is 188 Å². The number of anilines is 1. The van der Waals surface area contributed by atoms with E-state index in [0.717, 1.165) is 50.3 Å². The van der Waals surface area contributed by atoms with Crippen LogP contribution < -0.4 is 14.8 Å². The number of methoxy groups -OCH3 is 2. The van der Waals surface area contributed by atoms with Crippen LogP contribution in [-0.4, -0.2) is 150 Å². The second-order valence-electron chi connectivity index (χ2n) is 17.2. The number of fused-ring (bicyclic) bond motifs is 2. The molecule has 2 aromatic carbocycles. The van der Waals surface area contributed by atoms with E-state index in [2.05, 4.69) is 33.8 Å². The Morgan fingerprint density at radius 1 is 0.743 bits per heavy atom.